The molecule has 0 unspecified atom stereocenters. The Hall–Kier alpha value is -0.570. The summed E-state index contributed by atoms with van der Waals surface area (Å²) in [5.74, 6) is 1.09. The Kier molecular flexibility index (Phi) is 6.34. The van der Waals surface area contributed by atoms with Gasteiger partial charge in [0.2, 0.25) is 0 Å². The lowest BCUT2D eigenvalue weighted by Gasteiger charge is -2.31. The second kappa shape index (κ2) is 8.02. The Morgan fingerprint density at radius 1 is 0.950 bits per heavy atom. The molecule has 3 nitrogen and oxygen atoms in total. The van der Waals surface area contributed by atoms with E-state index in [1.165, 1.54) is 25.7 Å². The van der Waals surface area contributed by atoms with Crippen molar-refractivity contribution in [3.8, 4) is 0 Å². The second-order valence-electron chi connectivity index (χ2n) is 6.58. The van der Waals surface area contributed by atoms with Crippen LogP contribution < -0.4 is 0 Å². The monoisotopic (exact) mass is 282 g/mol. The highest BCUT2D eigenvalue weighted by atomic mass is 16.5. The third-order valence-electron chi connectivity index (χ3n) is 5.11. The van der Waals surface area contributed by atoms with Gasteiger partial charge in [-0.25, -0.2) is 0 Å². The Morgan fingerprint density at radius 2 is 1.55 bits per heavy atom. The zero-order chi connectivity index (χ0) is 14.4. The predicted octanol–water partition coefficient (Wildman–Crippen LogP) is 4.09. The van der Waals surface area contributed by atoms with Gasteiger partial charge in [0.25, 0.3) is 0 Å². The van der Waals surface area contributed by atoms with Crippen molar-refractivity contribution in [2.24, 2.45) is 11.8 Å². The number of carbonyl (C=O) groups is 1. The molecule has 0 aromatic heterocycles. The van der Waals surface area contributed by atoms with Gasteiger partial charge >= 0.3 is 5.97 Å². The minimum absolute atomic E-state index is 0.0702. The fourth-order valence-electron chi connectivity index (χ4n) is 3.74. The van der Waals surface area contributed by atoms with Crippen LogP contribution in [-0.4, -0.2) is 25.3 Å². The zero-order valence-electron chi connectivity index (χ0n) is 13.1. The van der Waals surface area contributed by atoms with Gasteiger partial charge in [-0.05, 0) is 57.3 Å². The molecule has 0 heterocycles. The number of hydrogen-bond acceptors (Lipinski definition) is 3. The van der Waals surface area contributed by atoms with E-state index in [4.69, 9.17) is 9.47 Å². The van der Waals surface area contributed by atoms with Crippen LogP contribution in [0.25, 0.3) is 0 Å². The van der Waals surface area contributed by atoms with Crippen molar-refractivity contribution in [2.75, 3.05) is 7.11 Å². The largest absolute Gasteiger partial charge is 0.462 e. The van der Waals surface area contributed by atoms with E-state index in [0.717, 1.165) is 44.4 Å². The molecule has 0 aromatic rings. The molecule has 0 saturated heterocycles. The minimum atomic E-state index is 0.0702. The van der Waals surface area contributed by atoms with Crippen LogP contribution in [0.4, 0.5) is 0 Å². The number of esters is 1. The molecule has 20 heavy (non-hydrogen) atoms. The van der Waals surface area contributed by atoms with E-state index < -0.39 is 0 Å². The van der Waals surface area contributed by atoms with Crippen molar-refractivity contribution in [3.05, 3.63) is 0 Å². The number of carbonyl (C=O) groups excluding carboxylic acids is 1. The van der Waals surface area contributed by atoms with Crippen LogP contribution in [0.15, 0.2) is 0 Å². The summed E-state index contributed by atoms with van der Waals surface area (Å²) in [6, 6.07) is 0. The van der Waals surface area contributed by atoms with Gasteiger partial charge in [0.15, 0.2) is 0 Å². The van der Waals surface area contributed by atoms with Crippen molar-refractivity contribution in [1.29, 1.82) is 0 Å². The van der Waals surface area contributed by atoms with E-state index in [0.29, 0.717) is 6.10 Å². The molecular weight excluding hydrogens is 252 g/mol. The maximum Gasteiger partial charge on any atom is 0.309 e. The van der Waals surface area contributed by atoms with Crippen molar-refractivity contribution in [3.63, 3.8) is 0 Å². The first kappa shape index (κ1) is 15.8. The molecule has 2 fully saturated rings. The topological polar surface area (TPSA) is 35.5 Å². The van der Waals surface area contributed by atoms with Crippen molar-refractivity contribution < 1.29 is 14.3 Å². The molecule has 0 N–H and O–H groups in total. The summed E-state index contributed by atoms with van der Waals surface area (Å²) >= 11 is 0. The van der Waals surface area contributed by atoms with Gasteiger partial charge < -0.3 is 9.47 Å². The Bertz CT molecular complexity index is 287. The summed E-state index contributed by atoms with van der Waals surface area (Å²) in [6.07, 6.45) is 11.6. The summed E-state index contributed by atoms with van der Waals surface area (Å²) in [5.41, 5.74) is 0. The Balaban J connectivity index is 1.68. The van der Waals surface area contributed by atoms with Crippen LogP contribution in [0.5, 0.6) is 0 Å². The van der Waals surface area contributed by atoms with E-state index in [1.807, 2.05) is 0 Å². The molecule has 0 atom stereocenters. The molecule has 0 spiro atoms. The van der Waals surface area contributed by atoms with E-state index >= 15 is 0 Å². The first-order valence-corrected chi connectivity index (χ1v) is 8.46. The normalized spacial score (nSPS) is 34.7. The first-order chi connectivity index (χ1) is 9.72. The molecule has 0 radical (unpaired) electrons. The summed E-state index contributed by atoms with van der Waals surface area (Å²) < 4.78 is 11.1. The van der Waals surface area contributed by atoms with Crippen molar-refractivity contribution in [1.82, 2.24) is 0 Å². The highest BCUT2D eigenvalue weighted by Gasteiger charge is 2.30. The molecule has 0 aliphatic heterocycles. The number of ether oxygens (including phenoxy) is 2. The van der Waals surface area contributed by atoms with E-state index in [-0.39, 0.29) is 18.0 Å². The quantitative estimate of drug-likeness (QED) is 0.712. The Morgan fingerprint density at radius 3 is 2.10 bits per heavy atom. The lowest BCUT2D eigenvalue weighted by Crippen LogP contribution is -2.31. The zero-order valence-corrected chi connectivity index (χ0v) is 13.1. The molecule has 2 saturated carbocycles. The molecular formula is C17H30O3. The fourth-order valence-corrected chi connectivity index (χ4v) is 3.74. The summed E-state index contributed by atoms with van der Waals surface area (Å²) in [4.78, 5) is 12.2. The molecule has 3 heteroatoms. The number of hydrogen-bond donors (Lipinski definition) is 0. The average molecular weight is 282 g/mol. The summed E-state index contributed by atoms with van der Waals surface area (Å²) in [6.45, 7) is 2.25. The smallest absolute Gasteiger partial charge is 0.309 e. The summed E-state index contributed by atoms with van der Waals surface area (Å²) in [7, 11) is 1.77. The van der Waals surface area contributed by atoms with Crippen LogP contribution in [0, 0.1) is 11.8 Å². The fraction of sp³-hybridized carbons (Fsp3) is 0.941. The minimum Gasteiger partial charge on any atom is -0.462 e. The third-order valence-corrected chi connectivity index (χ3v) is 5.11. The van der Waals surface area contributed by atoms with Crippen LogP contribution in [0.2, 0.25) is 0 Å². The molecule has 2 rings (SSSR count). The average Bonchev–Trinajstić information content (AvgIpc) is 2.49. The molecule has 0 bridgehead atoms. The van der Waals surface area contributed by atoms with Gasteiger partial charge in [-0.1, -0.05) is 19.8 Å². The molecule has 116 valence electrons. The van der Waals surface area contributed by atoms with Crippen LogP contribution in [-0.2, 0) is 14.3 Å². The van der Waals surface area contributed by atoms with Gasteiger partial charge in [-0.15, -0.1) is 0 Å². The van der Waals surface area contributed by atoms with Crippen LogP contribution >= 0.6 is 0 Å². The SMILES string of the molecule is CCCC1CCC(C(=O)OC2CCC(OC)CC2)CC1. The van der Waals surface area contributed by atoms with Gasteiger partial charge in [-0.3, -0.25) is 4.79 Å². The molecule has 2 aliphatic rings. The predicted molar refractivity (Wildman–Crippen MR) is 79.5 cm³/mol. The first-order valence-electron chi connectivity index (χ1n) is 8.46. The standard InChI is InChI=1S/C17H30O3/c1-3-4-13-5-7-14(8-6-13)17(18)20-16-11-9-15(19-2)10-12-16/h13-16H,3-12H2,1-2H3. The van der Waals surface area contributed by atoms with E-state index in [1.54, 1.807) is 7.11 Å². The highest BCUT2D eigenvalue weighted by molar-refractivity contribution is 5.72. The van der Waals surface area contributed by atoms with Crippen LogP contribution in [0.3, 0.4) is 0 Å². The van der Waals surface area contributed by atoms with Gasteiger partial charge in [-0.2, -0.15) is 0 Å². The van der Waals surface area contributed by atoms with Crippen LogP contribution in [0.1, 0.15) is 71.1 Å². The Labute approximate surface area is 123 Å². The lowest BCUT2D eigenvalue weighted by atomic mass is 9.80. The molecule has 0 amide bonds. The van der Waals surface area contributed by atoms with E-state index in [9.17, 15) is 4.79 Å². The van der Waals surface area contributed by atoms with Gasteiger partial charge in [0, 0.05) is 7.11 Å². The van der Waals surface area contributed by atoms with Gasteiger partial charge in [0.05, 0.1) is 12.0 Å². The lowest BCUT2D eigenvalue weighted by molar-refractivity contribution is -0.158. The van der Waals surface area contributed by atoms with Crippen molar-refractivity contribution in [2.45, 2.75) is 83.3 Å². The number of rotatable bonds is 5. The third kappa shape index (κ3) is 4.47. The van der Waals surface area contributed by atoms with E-state index in [2.05, 4.69) is 6.92 Å². The molecule has 2 aliphatic carbocycles. The van der Waals surface area contributed by atoms with Crippen molar-refractivity contribution >= 4 is 5.97 Å². The molecule has 0 aromatic carbocycles. The second-order valence-corrected chi connectivity index (χ2v) is 6.58. The number of methoxy groups -OCH3 is 1. The highest BCUT2D eigenvalue weighted by Crippen LogP contribution is 2.33. The maximum absolute atomic E-state index is 12.2. The van der Waals surface area contributed by atoms with Gasteiger partial charge in [0.1, 0.15) is 6.10 Å². The summed E-state index contributed by atoms with van der Waals surface area (Å²) in [5, 5.41) is 0. The maximum atomic E-state index is 12.2.